The summed E-state index contributed by atoms with van der Waals surface area (Å²) in [7, 11) is 0. The van der Waals surface area contributed by atoms with Gasteiger partial charge in [-0.15, -0.1) is 5.10 Å². The molecule has 15 heavy (non-hydrogen) atoms. The molecule has 1 aliphatic heterocycles. The van der Waals surface area contributed by atoms with E-state index >= 15 is 0 Å². The number of β-amino-alcohol motifs (C(OH)–C–C–N with tert-alkyl or cyclic N) is 1. The van der Waals surface area contributed by atoms with Crippen molar-refractivity contribution in [3.63, 3.8) is 0 Å². The standard InChI is InChI=1S/C10H16N4O/c1-7-8(2)12-13-9(11-7)14-5-4-10(3,15)6-14/h15H,4-6H2,1-3H3. The third-order valence-corrected chi connectivity index (χ3v) is 2.82. The SMILES string of the molecule is Cc1nnc(N2CCC(C)(O)C2)nc1C. The fraction of sp³-hybridized carbons (Fsp3) is 0.700. The van der Waals surface area contributed by atoms with Crippen molar-refractivity contribution in [1.29, 1.82) is 0 Å². The predicted octanol–water partition coefficient (Wildman–Crippen LogP) is 0.450. The Morgan fingerprint density at radius 1 is 1.27 bits per heavy atom. The number of hydrogen-bond donors (Lipinski definition) is 1. The van der Waals surface area contributed by atoms with Crippen molar-refractivity contribution in [1.82, 2.24) is 15.2 Å². The first-order valence-corrected chi connectivity index (χ1v) is 5.13. The van der Waals surface area contributed by atoms with Gasteiger partial charge in [-0.2, -0.15) is 5.10 Å². The predicted molar refractivity (Wildman–Crippen MR) is 56.8 cm³/mol. The molecule has 1 aromatic heterocycles. The third kappa shape index (κ3) is 2.07. The van der Waals surface area contributed by atoms with Gasteiger partial charge in [-0.3, -0.25) is 0 Å². The lowest BCUT2D eigenvalue weighted by molar-refractivity contribution is 0.0838. The minimum Gasteiger partial charge on any atom is -0.388 e. The van der Waals surface area contributed by atoms with Crippen molar-refractivity contribution in [3.05, 3.63) is 11.4 Å². The number of aromatic nitrogens is 3. The fourth-order valence-electron chi connectivity index (χ4n) is 1.70. The van der Waals surface area contributed by atoms with Gasteiger partial charge in [0.15, 0.2) is 0 Å². The Morgan fingerprint density at radius 3 is 2.53 bits per heavy atom. The van der Waals surface area contributed by atoms with Crippen LogP contribution in [0.15, 0.2) is 0 Å². The summed E-state index contributed by atoms with van der Waals surface area (Å²) < 4.78 is 0. The molecule has 1 atom stereocenters. The molecule has 2 rings (SSSR count). The van der Waals surface area contributed by atoms with Gasteiger partial charge in [0, 0.05) is 13.1 Å². The topological polar surface area (TPSA) is 62.1 Å². The molecule has 1 saturated heterocycles. The first-order chi connectivity index (χ1) is 6.98. The molecular formula is C10H16N4O. The van der Waals surface area contributed by atoms with Crippen LogP contribution in [0.5, 0.6) is 0 Å². The molecule has 0 aromatic carbocycles. The summed E-state index contributed by atoms with van der Waals surface area (Å²) in [5, 5.41) is 17.9. The monoisotopic (exact) mass is 208 g/mol. The summed E-state index contributed by atoms with van der Waals surface area (Å²) >= 11 is 0. The van der Waals surface area contributed by atoms with Gasteiger partial charge in [0.1, 0.15) is 0 Å². The highest BCUT2D eigenvalue weighted by Gasteiger charge is 2.32. The van der Waals surface area contributed by atoms with Crippen LogP contribution in [0.2, 0.25) is 0 Å². The van der Waals surface area contributed by atoms with Crippen LogP contribution in [0.1, 0.15) is 24.7 Å². The van der Waals surface area contributed by atoms with Crippen LogP contribution in [0.3, 0.4) is 0 Å². The van der Waals surface area contributed by atoms with Gasteiger partial charge in [0.25, 0.3) is 0 Å². The van der Waals surface area contributed by atoms with E-state index in [4.69, 9.17) is 0 Å². The maximum Gasteiger partial charge on any atom is 0.245 e. The molecule has 0 aliphatic carbocycles. The highest BCUT2D eigenvalue weighted by atomic mass is 16.3. The molecule has 0 spiro atoms. The van der Waals surface area contributed by atoms with Gasteiger partial charge < -0.3 is 10.0 Å². The van der Waals surface area contributed by atoms with Gasteiger partial charge in [-0.1, -0.05) is 0 Å². The minimum atomic E-state index is -0.623. The molecule has 1 aromatic rings. The minimum absolute atomic E-state index is 0.581. The fourth-order valence-corrected chi connectivity index (χ4v) is 1.70. The molecule has 0 radical (unpaired) electrons. The first-order valence-electron chi connectivity index (χ1n) is 5.13. The highest BCUT2D eigenvalue weighted by Crippen LogP contribution is 2.23. The van der Waals surface area contributed by atoms with E-state index in [1.165, 1.54) is 0 Å². The van der Waals surface area contributed by atoms with Crippen LogP contribution in [0.25, 0.3) is 0 Å². The lowest BCUT2D eigenvalue weighted by atomic mass is 10.1. The largest absolute Gasteiger partial charge is 0.388 e. The number of nitrogens with zero attached hydrogens (tertiary/aromatic N) is 4. The smallest absolute Gasteiger partial charge is 0.245 e. The maximum absolute atomic E-state index is 9.83. The summed E-state index contributed by atoms with van der Waals surface area (Å²) in [6.07, 6.45) is 0.753. The summed E-state index contributed by atoms with van der Waals surface area (Å²) in [6.45, 7) is 7.01. The first kappa shape index (κ1) is 10.3. The van der Waals surface area contributed by atoms with Crippen molar-refractivity contribution >= 4 is 5.95 Å². The van der Waals surface area contributed by atoms with E-state index in [0.29, 0.717) is 12.5 Å². The van der Waals surface area contributed by atoms with Crippen LogP contribution < -0.4 is 4.90 Å². The highest BCUT2D eigenvalue weighted by molar-refractivity contribution is 5.32. The Hall–Kier alpha value is -1.23. The molecule has 1 aliphatic rings. The van der Waals surface area contributed by atoms with E-state index in [0.717, 1.165) is 24.4 Å². The second kappa shape index (κ2) is 3.41. The normalized spacial score (nSPS) is 26.0. The molecule has 0 saturated carbocycles. The van der Waals surface area contributed by atoms with Crippen LogP contribution in [0.4, 0.5) is 5.95 Å². The van der Waals surface area contributed by atoms with E-state index < -0.39 is 5.60 Å². The Labute approximate surface area is 89.2 Å². The molecule has 0 amide bonds. The van der Waals surface area contributed by atoms with E-state index in [1.54, 1.807) is 0 Å². The van der Waals surface area contributed by atoms with Gasteiger partial charge in [-0.05, 0) is 27.2 Å². The molecule has 5 nitrogen and oxygen atoms in total. The van der Waals surface area contributed by atoms with E-state index in [2.05, 4.69) is 15.2 Å². The van der Waals surface area contributed by atoms with Gasteiger partial charge in [0.05, 0.1) is 17.0 Å². The molecule has 1 fully saturated rings. The van der Waals surface area contributed by atoms with Crippen LogP contribution >= 0.6 is 0 Å². The molecule has 1 unspecified atom stereocenters. The van der Waals surface area contributed by atoms with E-state index in [-0.39, 0.29) is 0 Å². The summed E-state index contributed by atoms with van der Waals surface area (Å²) in [6, 6.07) is 0. The van der Waals surface area contributed by atoms with Gasteiger partial charge in [0.2, 0.25) is 5.95 Å². The zero-order valence-electron chi connectivity index (χ0n) is 9.36. The quantitative estimate of drug-likeness (QED) is 0.726. The molecule has 5 heteroatoms. The number of rotatable bonds is 1. The van der Waals surface area contributed by atoms with Crippen molar-refractivity contribution < 1.29 is 5.11 Å². The maximum atomic E-state index is 9.83. The number of anilines is 1. The second-order valence-electron chi connectivity index (χ2n) is 4.45. The Bertz CT molecular complexity index is 378. The molecule has 2 heterocycles. The zero-order valence-corrected chi connectivity index (χ0v) is 9.36. The average molecular weight is 208 g/mol. The number of aryl methyl sites for hydroxylation is 2. The molecule has 82 valence electrons. The summed E-state index contributed by atoms with van der Waals surface area (Å²) in [5.41, 5.74) is 1.12. The average Bonchev–Trinajstić information content (AvgIpc) is 2.51. The lowest BCUT2D eigenvalue weighted by Gasteiger charge is -2.18. The van der Waals surface area contributed by atoms with Crippen LogP contribution in [-0.4, -0.2) is 39.0 Å². The van der Waals surface area contributed by atoms with Gasteiger partial charge in [-0.25, -0.2) is 4.98 Å². The van der Waals surface area contributed by atoms with Crippen LogP contribution in [0, 0.1) is 13.8 Å². The van der Waals surface area contributed by atoms with E-state index in [1.807, 2.05) is 25.7 Å². The van der Waals surface area contributed by atoms with Crippen molar-refractivity contribution in [2.45, 2.75) is 32.8 Å². The summed E-state index contributed by atoms with van der Waals surface area (Å²) in [4.78, 5) is 6.33. The zero-order chi connectivity index (χ0) is 11.1. The van der Waals surface area contributed by atoms with Crippen LogP contribution in [-0.2, 0) is 0 Å². The van der Waals surface area contributed by atoms with Crippen molar-refractivity contribution in [2.75, 3.05) is 18.0 Å². The molecular weight excluding hydrogens is 192 g/mol. The van der Waals surface area contributed by atoms with Gasteiger partial charge >= 0.3 is 0 Å². The summed E-state index contributed by atoms with van der Waals surface area (Å²) in [5.74, 6) is 0.621. The Balaban J connectivity index is 2.21. The molecule has 0 bridgehead atoms. The lowest BCUT2D eigenvalue weighted by Crippen LogP contribution is -2.30. The second-order valence-corrected chi connectivity index (χ2v) is 4.45. The van der Waals surface area contributed by atoms with E-state index in [9.17, 15) is 5.11 Å². The van der Waals surface area contributed by atoms with Crippen molar-refractivity contribution in [3.8, 4) is 0 Å². The Morgan fingerprint density at radius 2 is 2.00 bits per heavy atom. The number of hydrogen-bond acceptors (Lipinski definition) is 5. The van der Waals surface area contributed by atoms with Crippen molar-refractivity contribution in [2.24, 2.45) is 0 Å². The third-order valence-electron chi connectivity index (χ3n) is 2.82. The number of aliphatic hydroxyl groups is 1. The molecule has 1 N–H and O–H groups in total. The Kier molecular flexibility index (Phi) is 2.34.